The zero-order valence-electron chi connectivity index (χ0n) is 11.2. The van der Waals surface area contributed by atoms with Gasteiger partial charge in [0.15, 0.2) is 6.61 Å². The number of alkyl halides is 4. The van der Waals surface area contributed by atoms with Crippen LogP contribution < -0.4 is 15.0 Å². The van der Waals surface area contributed by atoms with E-state index in [9.17, 15) is 27.2 Å². The number of carbonyl (C=O) groups is 2. The summed E-state index contributed by atoms with van der Waals surface area (Å²) in [7, 11) is 0. The van der Waals surface area contributed by atoms with E-state index in [0.717, 1.165) is 0 Å². The van der Waals surface area contributed by atoms with Gasteiger partial charge in [-0.2, -0.15) is 8.78 Å². The number of rotatable bonds is 5. The quantitative estimate of drug-likeness (QED) is 0.835. The Hall–Kier alpha value is -2.32. The van der Waals surface area contributed by atoms with Crippen LogP contribution in [-0.4, -0.2) is 43.9 Å². The number of hydrogen-bond donors (Lipinski definition) is 1. The van der Waals surface area contributed by atoms with E-state index in [2.05, 4.69) is 10.1 Å². The monoisotopic (exact) mass is 320 g/mol. The second-order valence-electron chi connectivity index (χ2n) is 4.60. The number of halogens is 4. The third-order valence-corrected chi connectivity index (χ3v) is 2.94. The van der Waals surface area contributed by atoms with Gasteiger partial charge in [-0.1, -0.05) is 0 Å². The first-order valence-corrected chi connectivity index (χ1v) is 6.25. The molecule has 0 aliphatic carbocycles. The van der Waals surface area contributed by atoms with E-state index >= 15 is 0 Å². The molecule has 5 nitrogen and oxygen atoms in total. The van der Waals surface area contributed by atoms with Gasteiger partial charge in [0.2, 0.25) is 11.8 Å². The number of nitrogens with zero attached hydrogens (tertiary/aromatic N) is 1. The zero-order chi connectivity index (χ0) is 16.3. The van der Waals surface area contributed by atoms with Crippen LogP contribution >= 0.6 is 0 Å². The number of carbonyl (C=O) groups excluding carboxylic acids is 2. The Bertz CT molecular complexity index is 563. The Kier molecular flexibility index (Phi) is 4.53. The standard InChI is InChI=1S/C13H12F4N2O3/c14-12(15)13(16,17)7-22-9-3-1-8(2-4-9)19-6-10(20)18-5-11(19)21/h1-4,12H,5-7H2,(H,18,20). The molecule has 1 aromatic rings. The molecule has 0 radical (unpaired) electrons. The van der Waals surface area contributed by atoms with Crippen molar-refractivity contribution in [3.05, 3.63) is 24.3 Å². The van der Waals surface area contributed by atoms with Gasteiger partial charge in [-0.25, -0.2) is 8.78 Å². The Balaban J connectivity index is 2.01. The molecule has 1 aliphatic heterocycles. The maximum atomic E-state index is 12.7. The van der Waals surface area contributed by atoms with Crippen molar-refractivity contribution in [2.45, 2.75) is 12.3 Å². The Morgan fingerprint density at radius 3 is 2.45 bits per heavy atom. The van der Waals surface area contributed by atoms with Gasteiger partial charge >= 0.3 is 12.3 Å². The second-order valence-corrected chi connectivity index (χ2v) is 4.60. The number of nitrogens with one attached hydrogen (secondary N) is 1. The number of amides is 2. The first kappa shape index (κ1) is 16.1. The summed E-state index contributed by atoms with van der Waals surface area (Å²) in [5, 5.41) is 2.38. The van der Waals surface area contributed by atoms with Gasteiger partial charge in [0.05, 0.1) is 6.54 Å². The molecule has 1 heterocycles. The molecule has 9 heteroatoms. The first-order chi connectivity index (χ1) is 10.3. The van der Waals surface area contributed by atoms with E-state index in [4.69, 9.17) is 0 Å². The molecule has 1 aliphatic rings. The molecule has 1 saturated heterocycles. The van der Waals surface area contributed by atoms with Crippen molar-refractivity contribution in [2.24, 2.45) is 0 Å². The van der Waals surface area contributed by atoms with Gasteiger partial charge in [-0.3, -0.25) is 9.59 Å². The van der Waals surface area contributed by atoms with Gasteiger partial charge in [-0.15, -0.1) is 0 Å². The summed E-state index contributed by atoms with van der Waals surface area (Å²) in [6.07, 6.45) is -3.81. The van der Waals surface area contributed by atoms with Gasteiger partial charge in [-0.05, 0) is 24.3 Å². The third kappa shape index (κ3) is 3.66. The lowest BCUT2D eigenvalue weighted by molar-refractivity contribution is -0.148. The summed E-state index contributed by atoms with van der Waals surface area (Å²) >= 11 is 0. The van der Waals surface area contributed by atoms with Crippen LogP contribution in [0.3, 0.4) is 0 Å². The van der Waals surface area contributed by atoms with E-state index in [1.54, 1.807) is 0 Å². The van der Waals surface area contributed by atoms with Crippen LogP contribution in [0.4, 0.5) is 23.2 Å². The van der Waals surface area contributed by atoms with Crippen molar-refractivity contribution in [3.8, 4) is 5.75 Å². The molecular formula is C13H12F4N2O3. The lowest BCUT2D eigenvalue weighted by atomic mass is 10.2. The average Bonchev–Trinajstić information content (AvgIpc) is 2.48. The average molecular weight is 320 g/mol. The van der Waals surface area contributed by atoms with Crippen molar-refractivity contribution in [1.82, 2.24) is 5.32 Å². The molecule has 120 valence electrons. The SMILES string of the molecule is O=C1CN(c2ccc(OCC(F)(F)C(F)F)cc2)C(=O)CN1. The molecule has 1 N–H and O–H groups in total. The van der Waals surface area contributed by atoms with E-state index < -0.39 is 19.0 Å². The largest absolute Gasteiger partial charge is 0.487 e. The maximum Gasteiger partial charge on any atom is 0.340 e. The molecule has 0 spiro atoms. The van der Waals surface area contributed by atoms with Crippen LogP contribution in [0, 0.1) is 0 Å². The summed E-state index contributed by atoms with van der Waals surface area (Å²) in [6, 6.07) is 5.28. The topological polar surface area (TPSA) is 58.6 Å². The van der Waals surface area contributed by atoms with Crippen LogP contribution in [0.2, 0.25) is 0 Å². The first-order valence-electron chi connectivity index (χ1n) is 6.25. The number of ether oxygens (including phenoxy) is 1. The van der Waals surface area contributed by atoms with Crippen molar-refractivity contribution in [1.29, 1.82) is 0 Å². The molecule has 0 saturated carbocycles. The number of piperazine rings is 1. The highest BCUT2D eigenvalue weighted by molar-refractivity contribution is 6.04. The predicted octanol–water partition coefficient (Wildman–Crippen LogP) is 1.43. The van der Waals surface area contributed by atoms with Crippen molar-refractivity contribution >= 4 is 17.5 Å². The molecule has 1 fully saturated rings. The summed E-state index contributed by atoms with van der Waals surface area (Å²) in [6.45, 7) is -1.73. The molecular weight excluding hydrogens is 308 g/mol. The minimum Gasteiger partial charge on any atom is -0.487 e. The summed E-state index contributed by atoms with van der Waals surface area (Å²) in [5.74, 6) is -4.92. The van der Waals surface area contributed by atoms with Gasteiger partial charge in [0.25, 0.3) is 0 Å². The molecule has 2 rings (SSSR count). The van der Waals surface area contributed by atoms with Crippen LogP contribution in [0.1, 0.15) is 0 Å². The molecule has 0 atom stereocenters. The second kappa shape index (κ2) is 6.20. The van der Waals surface area contributed by atoms with Crippen molar-refractivity contribution in [3.63, 3.8) is 0 Å². The van der Waals surface area contributed by atoms with Gasteiger partial charge in [0.1, 0.15) is 12.3 Å². The van der Waals surface area contributed by atoms with E-state index in [1.807, 2.05) is 0 Å². The highest BCUT2D eigenvalue weighted by Crippen LogP contribution is 2.25. The molecule has 0 aromatic heterocycles. The fourth-order valence-electron chi connectivity index (χ4n) is 1.76. The number of hydrogen-bond acceptors (Lipinski definition) is 3. The van der Waals surface area contributed by atoms with Crippen LogP contribution in [0.5, 0.6) is 5.75 Å². The smallest absolute Gasteiger partial charge is 0.340 e. The fraction of sp³-hybridized carbons (Fsp3) is 0.385. The maximum absolute atomic E-state index is 12.7. The third-order valence-electron chi connectivity index (χ3n) is 2.94. The lowest BCUT2D eigenvalue weighted by Crippen LogP contribution is -2.51. The molecule has 22 heavy (non-hydrogen) atoms. The fourth-order valence-corrected chi connectivity index (χ4v) is 1.76. The van der Waals surface area contributed by atoms with E-state index in [1.165, 1.54) is 29.2 Å². The van der Waals surface area contributed by atoms with Crippen molar-refractivity contribution in [2.75, 3.05) is 24.6 Å². The molecule has 0 unspecified atom stereocenters. The number of anilines is 1. The highest BCUT2D eigenvalue weighted by atomic mass is 19.3. The van der Waals surface area contributed by atoms with Crippen LogP contribution in [-0.2, 0) is 9.59 Å². The van der Waals surface area contributed by atoms with Gasteiger partial charge < -0.3 is 15.0 Å². The van der Waals surface area contributed by atoms with Crippen LogP contribution in [0.25, 0.3) is 0 Å². The molecule has 1 aromatic carbocycles. The van der Waals surface area contributed by atoms with Crippen LogP contribution in [0.15, 0.2) is 24.3 Å². The Morgan fingerprint density at radius 1 is 1.23 bits per heavy atom. The molecule has 2 amide bonds. The summed E-state index contributed by atoms with van der Waals surface area (Å²) < 4.78 is 54.0. The lowest BCUT2D eigenvalue weighted by Gasteiger charge is -2.26. The summed E-state index contributed by atoms with van der Waals surface area (Å²) in [4.78, 5) is 24.1. The molecule has 0 bridgehead atoms. The Labute approximate surface area is 122 Å². The van der Waals surface area contributed by atoms with Gasteiger partial charge in [0, 0.05) is 5.69 Å². The van der Waals surface area contributed by atoms with E-state index in [0.29, 0.717) is 5.69 Å². The van der Waals surface area contributed by atoms with E-state index in [-0.39, 0.29) is 30.7 Å². The normalized spacial score (nSPS) is 16.0. The Morgan fingerprint density at radius 2 is 1.86 bits per heavy atom. The summed E-state index contributed by atoms with van der Waals surface area (Å²) in [5.41, 5.74) is 0.382. The minimum absolute atomic E-state index is 0.0435. The minimum atomic E-state index is -4.24. The number of benzene rings is 1. The highest BCUT2D eigenvalue weighted by Gasteiger charge is 2.41. The zero-order valence-corrected chi connectivity index (χ0v) is 11.2. The predicted molar refractivity (Wildman–Crippen MR) is 68.3 cm³/mol. The van der Waals surface area contributed by atoms with Crippen molar-refractivity contribution < 1.29 is 31.9 Å².